The van der Waals surface area contributed by atoms with Crippen LogP contribution in [0.2, 0.25) is 0 Å². The maximum absolute atomic E-state index is 11.8. The van der Waals surface area contributed by atoms with Crippen molar-refractivity contribution in [3.05, 3.63) is 23.8 Å². The van der Waals surface area contributed by atoms with Crippen molar-refractivity contribution in [3.63, 3.8) is 0 Å². The highest BCUT2D eigenvalue weighted by molar-refractivity contribution is 5.90. The van der Waals surface area contributed by atoms with Gasteiger partial charge in [0.2, 0.25) is 0 Å². The van der Waals surface area contributed by atoms with Crippen LogP contribution >= 0.6 is 0 Å². The standard InChI is InChI=1S/C20H32O10/c1-4-6-8-10-18(21)27-29-25-16-12-15(20(23)24-3)13-17(14-16)26-30-28-19(22)11-9-7-5-2/h12-14,18-19,21-22H,4-11H2,1-3H3. The molecule has 1 aromatic rings. The Kier molecular flexibility index (Phi) is 13.8. The molecule has 0 aliphatic heterocycles. The molecule has 0 fully saturated rings. The third-order valence-corrected chi connectivity index (χ3v) is 3.97. The van der Waals surface area contributed by atoms with Crippen molar-refractivity contribution >= 4 is 5.97 Å². The number of esters is 1. The summed E-state index contributed by atoms with van der Waals surface area (Å²) < 4.78 is 4.67. The van der Waals surface area contributed by atoms with E-state index in [0.717, 1.165) is 38.5 Å². The summed E-state index contributed by atoms with van der Waals surface area (Å²) in [6.45, 7) is 4.09. The second-order valence-corrected chi connectivity index (χ2v) is 6.58. The zero-order chi connectivity index (χ0) is 22.2. The molecule has 0 aromatic heterocycles. The zero-order valence-corrected chi connectivity index (χ0v) is 17.7. The minimum atomic E-state index is -1.15. The molecule has 10 heteroatoms. The van der Waals surface area contributed by atoms with Gasteiger partial charge in [0.05, 0.1) is 12.7 Å². The summed E-state index contributed by atoms with van der Waals surface area (Å²) in [5.74, 6) is -0.632. The van der Waals surface area contributed by atoms with Crippen LogP contribution in [0.1, 0.15) is 75.6 Å². The molecule has 2 N–H and O–H groups in total. The molecule has 30 heavy (non-hydrogen) atoms. The highest BCUT2D eigenvalue weighted by atomic mass is 17.5. The monoisotopic (exact) mass is 432 g/mol. The maximum Gasteiger partial charge on any atom is 0.338 e. The molecular formula is C20H32O10. The smallest absolute Gasteiger partial charge is 0.338 e. The minimum Gasteiger partial charge on any atom is -0.465 e. The quantitative estimate of drug-likeness (QED) is 0.124. The van der Waals surface area contributed by atoms with E-state index in [1.54, 1.807) is 0 Å². The molecule has 0 radical (unpaired) electrons. The lowest BCUT2D eigenvalue weighted by Crippen LogP contribution is -2.15. The fourth-order valence-electron chi connectivity index (χ4n) is 2.35. The third-order valence-electron chi connectivity index (χ3n) is 3.97. The highest BCUT2D eigenvalue weighted by Crippen LogP contribution is 2.24. The number of rotatable bonds is 17. The Morgan fingerprint density at radius 2 is 1.30 bits per heavy atom. The van der Waals surface area contributed by atoms with Crippen molar-refractivity contribution in [2.24, 2.45) is 0 Å². The third kappa shape index (κ3) is 11.3. The summed E-state index contributed by atoms with van der Waals surface area (Å²) >= 11 is 0. The first-order chi connectivity index (χ1) is 14.5. The van der Waals surface area contributed by atoms with Gasteiger partial charge in [-0.3, -0.25) is 0 Å². The number of carbonyl (C=O) groups is 1. The average Bonchev–Trinajstić information content (AvgIpc) is 2.73. The molecular weight excluding hydrogens is 400 g/mol. The summed E-state index contributed by atoms with van der Waals surface area (Å²) in [4.78, 5) is 31.1. The summed E-state index contributed by atoms with van der Waals surface area (Å²) in [5.41, 5.74) is 0.0733. The molecule has 0 saturated carbocycles. The molecule has 1 rings (SSSR count). The summed E-state index contributed by atoms with van der Waals surface area (Å²) in [7, 11) is 1.22. The van der Waals surface area contributed by atoms with Gasteiger partial charge in [0.25, 0.3) is 0 Å². The van der Waals surface area contributed by atoms with E-state index in [9.17, 15) is 15.0 Å². The molecule has 0 saturated heterocycles. The molecule has 0 heterocycles. The molecule has 0 aliphatic rings. The number of benzene rings is 1. The zero-order valence-electron chi connectivity index (χ0n) is 17.7. The number of hydrogen-bond donors (Lipinski definition) is 2. The molecule has 0 amide bonds. The van der Waals surface area contributed by atoms with Crippen LogP contribution in [0.25, 0.3) is 0 Å². The molecule has 2 unspecified atom stereocenters. The number of aliphatic hydroxyl groups is 2. The van der Waals surface area contributed by atoms with Gasteiger partial charge in [-0.05, 0) is 35.1 Å². The second-order valence-electron chi connectivity index (χ2n) is 6.58. The van der Waals surface area contributed by atoms with Gasteiger partial charge in [-0.1, -0.05) is 39.5 Å². The fourth-order valence-corrected chi connectivity index (χ4v) is 2.35. The number of hydrogen-bond acceptors (Lipinski definition) is 10. The van der Waals surface area contributed by atoms with Crippen LogP contribution in [0, 0.1) is 0 Å². The molecule has 0 spiro atoms. The van der Waals surface area contributed by atoms with E-state index in [1.807, 2.05) is 13.8 Å². The van der Waals surface area contributed by atoms with Crippen molar-refractivity contribution in [1.82, 2.24) is 0 Å². The van der Waals surface area contributed by atoms with Crippen LogP contribution in [0.4, 0.5) is 0 Å². The van der Waals surface area contributed by atoms with E-state index in [4.69, 9.17) is 19.6 Å². The summed E-state index contributed by atoms with van der Waals surface area (Å²) in [6.07, 6.45) is 3.96. The fraction of sp³-hybridized carbons (Fsp3) is 0.650. The topological polar surface area (TPSA) is 122 Å². The number of methoxy groups -OCH3 is 1. The largest absolute Gasteiger partial charge is 0.465 e. The lowest BCUT2D eigenvalue weighted by atomic mass is 10.2. The van der Waals surface area contributed by atoms with Crippen LogP contribution in [-0.2, 0) is 24.6 Å². The van der Waals surface area contributed by atoms with Crippen molar-refractivity contribution in [1.29, 1.82) is 0 Å². The van der Waals surface area contributed by atoms with Crippen LogP contribution in [0.15, 0.2) is 18.2 Å². The van der Waals surface area contributed by atoms with E-state index < -0.39 is 18.5 Å². The Morgan fingerprint density at radius 3 is 1.70 bits per heavy atom. The van der Waals surface area contributed by atoms with E-state index in [1.165, 1.54) is 25.3 Å². The highest BCUT2D eigenvalue weighted by Gasteiger charge is 2.14. The average molecular weight is 432 g/mol. The minimum absolute atomic E-state index is 0.0146. The van der Waals surface area contributed by atoms with Crippen LogP contribution in [-0.4, -0.2) is 35.9 Å². The number of ether oxygens (including phenoxy) is 1. The van der Waals surface area contributed by atoms with Gasteiger partial charge in [-0.15, -0.1) is 0 Å². The molecule has 0 aliphatic carbocycles. The molecule has 1 aromatic carbocycles. The Hall–Kier alpha value is -1.95. The number of carbonyl (C=O) groups excluding carboxylic acids is 1. The van der Waals surface area contributed by atoms with Gasteiger partial charge in [-0.25, -0.2) is 4.79 Å². The van der Waals surface area contributed by atoms with E-state index in [0.29, 0.717) is 12.8 Å². The molecule has 172 valence electrons. The first-order valence-corrected chi connectivity index (χ1v) is 10.1. The number of aliphatic hydroxyl groups excluding tert-OH is 2. The van der Waals surface area contributed by atoms with Gasteiger partial charge in [0.1, 0.15) is 0 Å². The van der Waals surface area contributed by atoms with Gasteiger partial charge < -0.3 is 24.7 Å². The molecule has 0 bridgehead atoms. The van der Waals surface area contributed by atoms with Crippen molar-refractivity contribution < 1.29 is 49.4 Å². The molecule has 2 atom stereocenters. The van der Waals surface area contributed by atoms with E-state index in [2.05, 4.69) is 14.8 Å². The van der Waals surface area contributed by atoms with Crippen molar-refractivity contribution in [3.8, 4) is 11.5 Å². The van der Waals surface area contributed by atoms with Crippen molar-refractivity contribution in [2.75, 3.05) is 7.11 Å². The summed E-state index contributed by atoms with van der Waals surface area (Å²) in [6, 6.07) is 3.93. The van der Waals surface area contributed by atoms with Gasteiger partial charge >= 0.3 is 5.97 Å². The normalized spacial score (nSPS) is 13.0. The first-order valence-electron chi connectivity index (χ1n) is 10.1. The van der Waals surface area contributed by atoms with E-state index >= 15 is 0 Å². The Balaban J connectivity index is 2.57. The van der Waals surface area contributed by atoms with Crippen LogP contribution in [0.3, 0.4) is 0 Å². The number of unbranched alkanes of at least 4 members (excludes halogenated alkanes) is 4. The Bertz CT molecular complexity index is 555. The van der Waals surface area contributed by atoms with Gasteiger partial charge in [0.15, 0.2) is 24.1 Å². The molecule has 10 nitrogen and oxygen atoms in total. The SMILES string of the molecule is CCCCCC(O)OOOc1cc(OOOC(O)CCCCC)cc(C(=O)OC)c1. The Morgan fingerprint density at radius 1 is 0.833 bits per heavy atom. The first kappa shape index (κ1) is 26.1. The predicted molar refractivity (Wildman–Crippen MR) is 104 cm³/mol. The van der Waals surface area contributed by atoms with Crippen LogP contribution < -0.4 is 9.78 Å². The van der Waals surface area contributed by atoms with Crippen molar-refractivity contribution in [2.45, 2.75) is 77.8 Å². The maximum atomic E-state index is 11.8. The van der Waals surface area contributed by atoms with Crippen LogP contribution in [0.5, 0.6) is 11.5 Å². The van der Waals surface area contributed by atoms with Gasteiger partial charge in [0, 0.05) is 18.9 Å². The lowest BCUT2D eigenvalue weighted by Gasteiger charge is -2.12. The van der Waals surface area contributed by atoms with E-state index in [-0.39, 0.29) is 17.1 Å². The predicted octanol–water partition coefficient (Wildman–Crippen LogP) is 3.75. The Labute approximate surface area is 176 Å². The van der Waals surface area contributed by atoms with Gasteiger partial charge in [-0.2, -0.15) is 9.78 Å². The second kappa shape index (κ2) is 15.8. The summed E-state index contributed by atoms with van der Waals surface area (Å²) in [5, 5.41) is 28.4. The lowest BCUT2D eigenvalue weighted by molar-refractivity contribution is -0.507.